The normalized spacial score (nSPS) is 17.2. The topological polar surface area (TPSA) is 94.4 Å². The summed E-state index contributed by atoms with van der Waals surface area (Å²) in [4.78, 5) is 15.3. The molecule has 0 saturated carbocycles. The van der Waals surface area contributed by atoms with Crippen molar-refractivity contribution in [2.75, 3.05) is 18.0 Å². The first-order valence-electron chi connectivity index (χ1n) is 8.29. The fourth-order valence-electron chi connectivity index (χ4n) is 3.21. The summed E-state index contributed by atoms with van der Waals surface area (Å²) in [7, 11) is 0. The molecular formula is C18H17N7. The van der Waals surface area contributed by atoms with Crippen LogP contribution in [0.15, 0.2) is 42.7 Å². The van der Waals surface area contributed by atoms with Crippen molar-refractivity contribution in [3.63, 3.8) is 0 Å². The van der Waals surface area contributed by atoms with E-state index < -0.39 is 0 Å². The molecule has 1 saturated heterocycles. The third-order valence-corrected chi connectivity index (χ3v) is 4.43. The molecule has 1 aliphatic heterocycles. The highest BCUT2D eigenvalue weighted by Crippen LogP contribution is 2.29. The maximum atomic E-state index is 9.25. The van der Waals surface area contributed by atoms with E-state index in [9.17, 15) is 5.26 Å². The first kappa shape index (κ1) is 15.3. The van der Waals surface area contributed by atoms with E-state index in [2.05, 4.69) is 36.1 Å². The molecule has 7 nitrogen and oxygen atoms in total. The average Bonchev–Trinajstić information content (AvgIpc) is 3.19. The molecule has 1 aromatic carbocycles. The number of benzene rings is 1. The summed E-state index contributed by atoms with van der Waals surface area (Å²) in [6.07, 6.45) is 5.21. The number of nitrogens with one attached hydrogen (secondary N) is 1. The predicted molar refractivity (Wildman–Crippen MR) is 92.8 cm³/mol. The molecule has 1 atom stereocenters. The maximum absolute atomic E-state index is 9.25. The molecule has 25 heavy (non-hydrogen) atoms. The van der Waals surface area contributed by atoms with Gasteiger partial charge >= 0.3 is 0 Å². The molecule has 4 rings (SSSR count). The summed E-state index contributed by atoms with van der Waals surface area (Å²) < 4.78 is 0. The quantitative estimate of drug-likeness (QED) is 0.792. The van der Waals surface area contributed by atoms with Crippen LogP contribution in [-0.4, -0.2) is 38.2 Å². The smallest absolute Gasteiger partial charge is 0.183 e. The van der Waals surface area contributed by atoms with E-state index in [0.29, 0.717) is 17.3 Å². The molecule has 0 spiro atoms. The molecule has 124 valence electrons. The van der Waals surface area contributed by atoms with Crippen LogP contribution in [0, 0.1) is 11.3 Å². The third-order valence-electron chi connectivity index (χ3n) is 4.43. The van der Waals surface area contributed by atoms with Crippen LogP contribution in [0.3, 0.4) is 0 Å². The Labute approximate surface area is 145 Å². The van der Waals surface area contributed by atoms with E-state index in [0.717, 1.165) is 37.3 Å². The second-order valence-electron chi connectivity index (χ2n) is 6.04. The lowest BCUT2D eigenvalue weighted by molar-refractivity contribution is 0.489. The number of anilines is 1. The van der Waals surface area contributed by atoms with Crippen LogP contribution in [0.5, 0.6) is 0 Å². The van der Waals surface area contributed by atoms with E-state index in [1.54, 1.807) is 12.4 Å². The third kappa shape index (κ3) is 3.06. The summed E-state index contributed by atoms with van der Waals surface area (Å²) in [5, 5.41) is 16.7. The van der Waals surface area contributed by atoms with Crippen LogP contribution in [0.2, 0.25) is 0 Å². The van der Waals surface area contributed by atoms with Gasteiger partial charge in [-0.2, -0.15) is 10.4 Å². The number of hydrogen-bond donors (Lipinski definition) is 1. The monoisotopic (exact) mass is 331 g/mol. The summed E-state index contributed by atoms with van der Waals surface area (Å²) in [5.74, 6) is 2.47. The number of aromatic amines is 1. The summed E-state index contributed by atoms with van der Waals surface area (Å²) in [5.41, 5.74) is 1.36. The Morgan fingerprint density at radius 3 is 2.84 bits per heavy atom. The Kier molecular flexibility index (Phi) is 4.09. The van der Waals surface area contributed by atoms with Crippen molar-refractivity contribution in [3.8, 4) is 17.5 Å². The maximum Gasteiger partial charge on any atom is 0.183 e. The summed E-state index contributed by atoms with van der Waals surface area (Å²) in [6.45, 7) is 1.61. The van der Waals surface area contributed by atoms with Crippen molar-refractivity contribution < 1.29 is 0 Å². The molecule has 0 radical (unpaired) electrons. The van der Waals surface area contributed by atoms with Gasteiger partial charge in [0.15, 0.2) is 17.3 Å². The van der Waals surface area contributed by atoms with Crippen molar-refractivity contribution in [3.05, 3.63) is 54.2 Å². The molecule has 1 N–H and O–H groups in total. The van der Waals surface area contributed by atoms with Gasteiger partial charge < -0.3 is 4.90 Å². The van der Waals surface area contributed by atoms with E-state index in [4.69, 9.17) is 0 Å². The second-order valence-corrected chi connectivity index (χ2v) is 6.04. The van der Waals surface area contributed by atoms with Crippen molar-refractivity contribution in [1.82, 2.24) is 25.1 Å². The predicted octanol–water partition coefficient (Wildman–Crippen LogP) is 2.52. The van der Waals surface area contributed by atoms with E-state index in [1.807, 2.05) is 30.3 Å². The lowest BCUT2D eigenvalue weighted by atomic mass is 9.97. The molecule has 1 aliphatic rings. The second kappa shape index (κ2) is 6.69. The molecule has 3 aromatic rings. The van der Waals surface area contributed by atoms with Crippen LogP contribution < -0.4 is 4.90 Å². The Balaban J connectivity index is 1.56. The van der Waals surface area contributed by atoms with Gasteiger partial charge in [-0.25, -0.2) is 15.0 Å². The van der Waals surface area contributed by atoms with Crippen LogP contribution in [0.1, 0.15) is 30.3 Å². The molecule has 3 heterocycles. The Bertz CT molecular complexity index is 897. The number of nitrogens with zero attached hydrogens (tertiary/aromatic N) is 6. The van der Waals surface area contributed by atoms with Gasteiger partial charge in [0.1, 0.15) is 11.9 Å². The highest BCUT2D eigenvalue weighted by molar-refractivity contribution is 5.54. The SMILES string of the molecule is N#Cc1nccnc1N1CCCC(c2nc(-c3ccccc3)n[nH]2)C1. The molecule has 1 unspecified atom stereocenters. The molecule has 0 aliphatic carbocycles. The number of nitriles is 1. The standard InChI is InChI=1S/C18H17N7/c19-11-15-18(21-9-8-20-15)25-10-4-7-14(12-25)17-22-16(23-24-17)13-5-2-1-3-6-13/h1-3,5-6,8-9,14H,4,7,10,12H2,(H,22,23,24). The highest BCUT2D eigenvalue weighted by Gasteiger charge is 2.26. The lowest BCUT2D eigenvalue weighted by Crippen LogP contribution is -2.36. The van der Waals surface area contributed by atoms with Gasteiger partial charge in [-0.1, -0.05) is 30.3 Å². The van der Waals surface area contributed by atoms with Crippen molar-refractivity contribution >= 4 is 5.82 Å². The van der Waals surface area contributed by atoms with Crippen LogP contribution in [0.25, 0.3) is 11.4 Å². The highest BCUT2D eigenvalue weighted by atomic mass is 15.2. The van der Waals surface area contributed by atoms with Crippen molar-refractivity contribution in [1.29, 1.82) is 5.26 Å². The number of piperidine rings is 1. The minimum Gasteiger partial charge on any atom is -0.353 e. The zero-order chi connectivity index (χ0) is 17.1. The van der Waals surface area contributed by atoms with Gasteiger partial charge in [0.25, 0.3) is 0 Å². The van der Waals surface area contributed by atoms with Gasteiger partial charge in [0, 0.05) is 37.0 Å². The zero-order valence-corrected chi connectivity index (χ0v) is 13.6. The van der Waals surface area contributed by atoms with E-state index in [1.165, 1.54) is 0 Å². The van der Waals surface area contributed by atoms with Gasteiger partial charge in [0.05, 0.1) is 0 Å². The van der Waals surface area contributed by atoms with Crippen LogP contribution in [-0.2, 0) is 0 Å². The zero-order valence-electron chi connectivity index (χ0n) is 13.6. The number of rotatable bonds is 3. The fourth-order valence-corrected chi connectivity index (χ4v) is 3.21. The molecule has 0 amide bonds. The number of hydrogen-bond acceptors (Lipinski definition) is 6. The molecular weight excluding hydrogens is 314 g/mol. The van der Waals surface area contributed by atoms with Gasteiger partial charge in [-0.05, 0) is 12.8 Å². The minimum atomic E-state index is 0.229. The van der Waals surface area contributed by atoms with Gasteiger partial charge in [-0.15, -0.1) is 0 Å². The summed E-state index contributed by atoms with van der Waals surface area (Å²) >= 11 is 0. The largest absolute Gasteiger partial charge is 0.353 e. The molecule has 1 fully saturated rings. The first-order chi connectivity index (χ1) is 12.3. The minimum absolute atomic E-state index is 0.229. The fraction of sp³-hybridized carbons (Fsp3) is 0.278. The summed E-state index contributed by atoms with van der Waals surface area (Å²) in [6, 6.07) is 12.1. The van der Waals surface area contributed by atoms with Crippen LogP contribution >= 0.6 is 0 Å². The number of aromatic nitrogens is 5. The molecule has 2 aromatic heterocycles. The van der Waals surface area contributed by atoms with Crippen molar-refractivity contribution in [2.24, 2.45) is 0 Å². The average molecular weight is 331 g/mol. The van der Waals surface area contributed by atoms with E-state index in [-0.39, 0.29) is 5.92 Å². The van der Waals surface area contributed by atoms with E-state index >= 15 is 0 Å². The Morgan fingerprint density at radius 2 is 2.00 bits per heavy atom. The van der Waals surface area contributed by atoms with Crippen LogP contribution in [0.4, 0.5) is 5.82 Å². The molecule has 7 heteroatoms. The van der Waals surface area contributed by atoms with Gasteiger partial charge in [0.2, 0.25) is 0 Å². The lowest BCUT2D eigenvalue weighted by Gasteiger charge is -2.32. The first-order valence-corrected chi connectivity index (χ1v) is 8.29. The van der Waals surface area contributed by atoms with Gasteiger partial charge in [-0.3, -0.25) is 5.10 Å². The van der Waals surface area contributed by atoms with Crippen molar-refractivity contribution in [2.45, 2.75) is 18.8 Å². The molecule has 0 bridgehead atoms. The Hall–Kier alpha value is -3.27. The Morgan fingerprint density at radius 1 is 1.16 bits per heavy atom. The number of H-pyrrole nitrogens is 1.